The number of fused-ring (bicyclic) bond motifs is 1. The predicted octanol–water partition coefficient (Wildman–Crippen LogP) is 0.706. The van der Waals surface area contributed by atoms with Crippen LogP contribution in [0.15, 0.2) is 63.2 Å². The molecule has 0 unspecified atom stereocenters. The fourth-order valence-electron chi connectivity index (χ4n) is 3.72. The van der Waals surface area contributed by atoms with Gasteiger partial charge in [-0.2, -0.15) is 14.9 Å². The summed E-state index contributed by atoms with van der Waals surface area (Å²) in [4.78, 5) is 42.4. The molecule has 0 fully saturated rings. The number of rotatable bonds is 7. The fourth-order valence-corrected chi connectivity index (χ4v) is 3.72. The maximum atomic E-state index is 13.1. The van der Waals surface area contributed by atoms with E-state index in [1.807, 2.05) is 0 Å². The highest BCUT2D eigenvalue weighted by molar-refractivity contribution is 5.82. The third-order valence-electron chi connectivity index (χ3n) is 5.74. The van der Waals surface area contributed by atoms with Gasteiger partial charge in [0.2, 0.25) is 5.82 Å². The minimum Gasteiger partial charge on any atom is -0.425 e. The summed E-state index contributed by atoms with van der Waals surface area (Å²) in [6.45, 7) is -0.233. The summed E-state index contributed by atoms with van der Waals surface area (Å²) in [5, 5.41) is 15.7. The van der Waals surface area contributed by atoms with E-state index in [9.17, 15) is 18.8 Å². The number of hydrazone groups is 1. The summed E-state index contributed by atoms with van der Waals surface area (Å²) < 4.78 is 22.7. The molecule has 5 rings (SSSR count). The molecule has 39 heavy (non-hydrogen) atoms. The van der Waals surface area contributed by atoms with E-state index in [1.165, 1.54) is 53.7 Å². The number of halogens is 1. The molecular weight excluding hydrogens is 511 g/mol. The number of carbonyl (C=O) groups is 1. The van der Waals surface area contributed by atoms with Crippen molar-refractivity contribution in [2.24, 2.45) is 26.2 Å². The number of benzene rings is 2. The van der Waals surface area contributed by atoms with Gasteiger partial charge >= 0.3 is 11.7 Å². The lowest BCUT2D eigenvalue weighted by atomic mass is 10.2. The summed E-state index contributed by atoms with van der Waals surface area (Å²) in [7, 11) is 4.53. The van der Waals surface area contributed by atoms with Crippen molar-refractivity contribution in [2.45, 2.75) is 6.54 Å². The molecule has 1 amide bonds. The van der Waals surface area contributed by atoms with Gasteiger partial charge < -0.3 is 4.74 Å². The van der Waals surface area contributed by atoms with Gasteiger partial charge in [-0.15, -0.1) is 10.2 Å². The van der Waals surface area contributed by atoms with Crippen LogP contribution in [-0.2, 0) is 32.5 Å². The molecule has 1 N–H and O–H groups in total. The highest BCUT2D eigenvalue weighted by Gasteiger charge is 2.18. The van der Waals surface area contributed by atoms with Crippen LogP contribution >= 0.6 is 0 Å². The molecule has 0 aliphatic rings. The van der Waals surface area contributed by atoms with Crippen molar-refractivity contribution in [2.75, 3.05) is 0 Å². The average molecular weight is 532 g/mol. The molecule has 198 valence electrons. The number of imidazole rings is 1. The molecule has 0 aliphatic carbocycles. The predicted molar refractivity (Wildman–Crippen MR) is 137 cm³/mol. The Bertz CT molecular complexity index is 1850. The van der Waals surface area contributed by atoms with Crippen molar-refractivity contribution in [1.82, 2.24) is 44.3 Å². The topological polar surface area (TPSA) is 156 Å². The zero-order valence-corrected chi connectivity index (χ0v) is 20.9. The molecular formula is C24H21FN10O4. The number of carbonyl (C=O) groups excluding carboxylic acids is 1. The number of nitrogens with one attached hydrogen (secondary N) is 1. The number of amides is 1. The lowest BCUT2D eigenvalue weighted by Gasteiger charge is -2.06. The summed E-state index contributed by atoms with van der Waals surface area (Å²) >= 11 is 0. The van der Waals surface area contributed by atoms with E-state index >= 15 is 0 Å². The molecule has 15 heteroatoms. The van der Waals surface area contributed by atoms with Crippen molar-refractivity contribution < 1.29 is 13.9 Å². The van der Waals surface area contributed by atoms with Crippen LogP contribution < -0.4 is 21.4 Å². The first kappa shape index (κ1) is 25.2. The van der Waals surface area contributed by atoms with E-state index in [4.69, 9.17) is 4.74 Å². The van der Waals surface area contributed by atoms with E-state index in [1.54, 1.807) is 31.3 Å². The maximum absolute atomic E-state index is 13.1. The normalized spacial score (nSPS) is 11.4. The molecule has 0 radical (unpaired) electrons. The Labute approximate surface area is 218 Å². The van der Waals surface area contributed by atoms with E-state index in [-0.39, 0.29) is 35.4 Å². The van der Waals surface area contributed by atoms with Gasteiger partial charge in [0.1, 0.15) is 18.1 Å². The maximum Gasteiger partial charge on any atom is 0.332 e. The van der Waals surface area contributed by atoms with Gasteiger partial charge in [0.15, 0.2) is 11.2 Å². The summed E-state index contributed by atoms with van der Waals surface area (Å²) in [5.41, 5.74) is 2.99. The standard InChI is InChI=1S/C24H21FN10O4/c1-32-19-21(33(2)24(38)34(3)22(19)37)27-23(32)39-17-6-4-5-14(11-17)12-26-28-18(36)13-35-30-20(29-31-35)15-7-9-16(25)10-8-15/h4-12H,13H2,1-3H3,(H,28,36). The van der Waals surface area contributed by atoms with Crippen molar-refractivity contribution in [1.29, 1.82) is 0 Å². The smallest absolute Gasteiger partial charge is 0.332 e. The third kappa shape index (κ3) is 5.04. The molecule has 2 aromatic carbocycles. The van der Waals surface area contributed by atoms with Gasteiger partial charge in [-0.1, -0.05) is 12.1 Å². The Morgan fingerprint density at radius 1 is 1.08 bits per heavy atom. The van der Waals surface area contributed by atoms with E-state index < -0.39 is 17.2 Å². The second kappa shape index (κ2) is 10.1. The van der Waals surface area contributed by atoms with Crippen LogP contribution in [0.1, 0.15) is 5.56 Å². The minimum atomic E-state index is -0.495. The SMILES string of the molecule is Cn1c(=O)c2c(nc(Oc3cccc(C=NNC(=O)Cn4nnc(-c5ccc(F)cc5)n4)c3)n2C)n(C)c1=O. The van der Waals surface area contributed by atoms with Crippen LogP contribution in [0.3, 0.4) is 0 Å². The molecule has 0 spiro atoms. The second-order valence-electron chi connectivity index (χ2n) is 8.45. The van der Waals surface area contributed by atoms with Gasteiger partial charge in [-0.25, -0.2) is 14.6 Å². The van der Waals surface area contributed by atoms with Crippen LogP contribution in [-0.4, -0.2) is 51.0 Å². The lowest BCUT2D eigenvalue weighted by Crippen LogP contribution is -2.37. The minimum absolute atomic E-state index is 0.117. The molecule has 14 nitrogen and oxygen atoms in total. The second-order valence-corrected chi connectivity index (χ2v) is 8.45. The van der Waals surface area contributed by atoms with E-state index in [0.29, 0.717) is 16.9 Å². The first-order chi connectivity index (χ1) is 18.7. The van der Waals surface area contributed by atoms with Gasteiger partial charge in [0, 0.05) is 26.7 Å². The third-order valence-corrected chi connectivity index (χ3v) is 5.74. The molecule has 3 aromatic heterocycles. The van der Waals surface area contributed by atoms with E-state index in [2.05, 4.69) is 30.9 Å². The Morgan fingerprint density at radius 2 is 1.85 bits per heavy atom. The van der Waals surface area contributed by atoms with Crippen LogP contribution in [0.5, 0.6) is 11.8 Å². The van der Waals surface area contributed by atoms with Gasteiger partial charge in [0.25, 0.3) is 11.5 Å². The molecule has 0 atom stereocenters. The number of aryl methyl sites for hydroxylation is 2. The molecule has 0 saturated carbocycles. The number of aromatic nitrogens is 8. The quantitative estimate of drug-likeness (QED) is 0.237. The molecule has 5 aromatic rings. The van der Waals surface area contributed by atoms with Crippen molar-refractivity contribution in [3.05, 3.63) is 80.7 Å². The first-order valence-corrected chi connectivity index (χ1v) is 11.5. The summed E-state index contributed by atoms with van der Waals surface area (Å²) in [6.07, 6.45) is 1.41. The zero-order chi connectivity index (χ0) is 27.7. The van der Waals surface area contributed by atoms with Crippen LogP contribution in [0, 0.1) is 5.82 Å². The summed E-state index contributed by atoms with van der Waals surface area (Å²) in [5.74, 6) is -0.226. The molecule has 0 saturated heterocycles. The van der Waals surface area contributed by atoms with Crippen molar-refractivity contribution in [3.8, 4) is 23.1 Å². The van der Waals surface area contributed by atoms with E-state index in [0.717, 1.165) is 9.36 Å². The van der Waals surface area contributed by atoms with Crippen molar-refractivity contribution >= 4 is 23.3 Å². The number of nitrogens with zero attached hydrogens (tertiary/aromatic N) is 9. The highest BCUT2D eigenvalue weighted by atomic mass is 19.1. The Kier molecular flexibility index (Phi) is 6.54. The fraction of sp³-hybridized carbons (Fsp3) is 0.167. The lowest BCUT2D eigenvalue weighted by molar-refractivity contribution is -0.122. The number of hydrogen-bond donors (Lipinski definition) is 1. The summed E-state index contributed by atoms with van der Waals surface area (Å²) in [6, 6.07) is 12.5. The van der Waals surface area contributed by atoms with Crippen LogP contribution in [0.2, 0.25) is 0 Å². The monoisotopic (exact) mass is 532 g/mol. The van der Waals surface area contributed by atoms with Gasteiger partial charge in [-0.05, 0) is 47.2 Å². The van der Waals surface area contributed by atoms with Crippen molar-refractivity contribution in [3.63, 3.8) is 0 Å². The van der Waals surface area contributed by atoms with Crippen LogP contribution in [0.4, 0.5) is 4.39 Å². The molecule has 0 bridgehead atoms. The first-order valence-electron chi connectivity index (χ1n) is 11.5. The Morgan fingerprint density at radius 3 is 2.62 bits per heavy atom. The number of tetrazole rings is 1. The number of ether oxygens (including phenoxy) is 1. The highest BCUT2D eigenvalue weighted by Crippen LogP contribution is 2.23. The Balaban J connectivity index is 1.24. The number of hydrogen-bond acceptors (Lipinski definition) is 9. The van der Waals surface area contributed by atoms with Gasteiger partial charge in [-0.3, -0.25) is 23.3 Å². The Hall–Kier alpha value is -5.47. The average Bonchev–Trinajstić information content (AvgIpc) is 3.51. The molecule has 3 heterocycles. The largest absolute Gasteiger partial charge is 0.425 e. The zero-order valence-electron chi connectivity index (χ0n) is 20.9. The van der Waals surface area contributed by atoms with Crippen LogP contribution in [0.25, 0.3) is 22.6 Å². The molecule has 0 aliphatic heterocycles. The van der Waals surface area contributed by atoms with Gasteiger partial charge in [0.05, 0.1) is 6.21 Å².